The van der Waals surface area contributed by atoms with E-state index in [-0.39, 0.29) is 35.7 Å². The van der Waals surface area contributed by atoms with Gasteiger partial charge in [0, 0.05) is 24.7 Å². The van der Waals surface area contributed by atoms with Crippen molar-refractivity contribution < 1.29 is 18.0 Å². The number of hydrogen-bond donors (Lipinski definition) is 2. The molecule has 7 nitrogen and oxygen atoms in total. The van der Waals surface area contributed by atoms with Crippen LogP contribution in [0.3, 0.4) is 0 Å². The van der Waals surface area contributed by atoms with Crippen molar-refractivity contribution in [1.29, 1.82) is 0 Å². The summed E-state index contributed by atoms with van der Waals surface area (Å²) in [6.45, 7) is 8.02. The summed E-state index contributed by atoms with van der Waals surface area (Å²) in [4.78, 5) is 25.4. The molecule has 2 aromatic rings. The number of rotatable bonds is 6. The molecule has 2 aromatic carbocycles. The van der Waals surface area contributed by atoms with Gasteiger partial charge in [0.25, 0.3) is 0 Å². The number of carbonyl (C=O) groups is 2. The summed E-state index contributed by atoms with van der Waals surface area (Å²) >= 11 is 0. The lowest BCUT2D eigenvalue weighted by Gasteiger charge is -2.31. The Labute approximate surface area is 190 Å². The third-order valence-electron chi connectivity index (χ3n) is 5.72. The van der Waals surface area contributed by atoms with E-state index in [0.717, 1.165) is 16.7 Å². The lowest BCUT2D eigenvalue weighted by atomic mass is 9.97. The predicted octanol–water partition coefficient (Wildman–Crippen LogP) is 3.16. The topological polar surface area (TPSA) is 95.6 Å². The summed E-state index contributed by atoms with van der Waals surface area (Å²) in [6.07, 6.45) is 0.838. The Morgan fingerprint density at radius 1 is 0.938 bits per heavy atom. The number of hydrogen-bond acceptors (Lipinski definition) is 4. The van der Waals surface area contributed by atoms with Gasteiger partial charge in [-0.25, -0.2) is 8.42 Å². The zero-order valence-electron chi connectivity index (χ0n) is 19.0. The highest BCUT2D eigenvalue weighted by atomic mass is 32.2. The lowest BCUT2D eigenvalue weighted by Crippen LogP contribution is -2.47. The van der Waals surface area contributed by atoms with Crippen LogP contribution in [-0.4, -0.2) is 43.7 Å². The Balaban J connectivity index is 1.53. The summed E-state index contributed by atoms with van der Waals surface area (Å²) in [5.74, 6) is -0.834. The molecular weight excluding hydrogens is 426 g/mol. The van der Waals surface area contributed by atoms with Gasteiger partial charge < -0.3 is 10.6 Å². The molecule has 0 unspecified atom stereocenters. The minimum atomic E-state index is -3.57. The first-order chi connectivity index (χ1) is 15.1. The molecule has 32 heavy (non-hydrogen) atoms. The van der Waals surface area contributed by atoms with Gasteiger partial charge in [-0.1, -0.05) is 23.8 Å². The molecule has 8 heteroatoms. The summed E-state index contributed by atoms with van der Waals surface area (Å²) in [5, 5.41) is 5.61. The Kier molecular flexibility index (Phi) is 7.36. The van der Waals surface area contributed by atoms with Gasteiger partial charge in [-0.15, -0.1) is 0 Å². The van der Waals surface area contributed by atoms with Crippen LogP contribution in [0.4, 0.5) is 5.69 Å². The lowest BCUT2D eigenvalue weighted by molar-refractivity contribution is -0.129. The second kappa shape index (κ2) is 9.83. The molecule has 172 valence electrons. The maximum Gasteiger partial charge on any atom is 0.246 e. The van der Waals surface area contributed by atoms with Gasteiger partial charge in [0.05, 0.1) is 4.90 Å². The average molecular weight is 458 g/mol. The van der Waals surface area contributed by atoms with E-state index < -0.39 is 16.1 Å². The van der Waals surface area contributed by atoms with Crippen molar-refractivity contribution >= 4 is 27.5 Å². The van der Waals surface area contributed by atoms with Gasteiger partial charge in [0.15, 0.2) is 0 Å². The molecule has 1 saturated heterocycles. The van der Waals surface area contributed by atoms with Crippen molar-refractivity contribution in [3.63, 3.8) is 0 Å². The van der Waals surface area contributed by atoms with Crippen LogP contribution in [0.1, 0.15) is 36.5 Å². The fourth-order valence-electron chi connectivity index (χ4n) is 3.91. The Morgan fingerprint density at radius 2 is 1.50 bits per heavy atom. The van der Waals surface area contributed by atoms with E-state index >= 15 is 0 Å². The highest BCUT2D eigenvalue weighted by Crippen LogP contribution is 2.24. The smallest absolute Gasteiger partial charge is 0.246 e. The predicted molar refractivity (Wildman–Crippen MR) is 125 cm³/mol. The van der Waals surface area contributed by atoms with Crippen molar-refractivity contribution in [1.82, 2.24) is 9.62 Å². The van der Waals surface area contributed by atoms with Crippen LogP contribution in [0.2, 0.25) is 0 Å². The van der Waals surface area contributed by atoms with Gasteiger partial charge in [-0.2, -0.15) is 4.31 Å². The van der Waals surface area contributed by atoms with Crippen LogP contribution in [0.5, 0.6) is 0 Å². The van der Waals surface area contributed by atoms with Crippen molar-refractivity contribution in [3.8, 4) is 0 Å². The van der Waals surface area contributed by atoms with Crippen LogP contribution in [-0.2, 0) is 19.6 Å². The number of sulfonamides is 1. The fourth-order valence-corrected chi connectivity index (χ4v) is 5.38. The normalized spacial score (nSPS) is 16.4. The highest BCUT2D eigenvalue weighted by molar-refractivity contribution is 7.89. The van der Waals surface area contributed by atoms with E-state index in [4.69, 9.17) is 0 Å². The molecule has 1 heterocycles. The minimum absolute atomic E-state index is 0.222. The van der Waals surface area contributed by atoms with E-state index in [1.54, 1.807) is 31.2 Å². The number of anilines is 1. The van der Waals surface area contributed by atoms with Gasteiger partial charge in [0.1, 0.15) is 6.04 Å². The van der Waals surface area contributed by atoms with E-state index in [1.807, 2.05) is 39.0 Å². The third kappa shape index (κ3) is 5.75. The first kappa shape index (κ1) is 23.9. The first-order valence-electron chi connectivity index (χ1n) is 10.8. The Morgan fingerprint density at radius 3 is 2.06 bits per heavy atom. The maximum absolute atomic E-state index is 12.8. The number of nitrogens with zero attached hydrogens (tertiary/aromatic N) is 1. The minimum Gasteiger partial charge on any atom is -0.344 e. The highest BCUT2D eigenvalue weighted by Gasteiger charge is 2.32. The van der Waals surface area contributed by atoms with E-state index in [0.29, 0.717) is 18.5 Å². The summed E-state index contributed by atoms with van der Waals surface area (Å²) in [5.41, 5.74) is 3.78. The molecule has 1 aliphatic rings. The maximum atomic E-state index is 12.8. The average Bonchev–Trinajstić information content (AvgIpc) is 2.73. The van der Waals surface area contributed by atoms with Crippen LogP contribution in [0.15, 0.2) is 47.4 Å². The molecule has 0 spiro atoms. The molecule has 2 N–H and O–H groups in total. The summed E-state index contributed by atoms with van der Waals surface area (Å²) < 4.78 is 27.1. The zero-order chi connectivity index (χ0) is 23.5. The molecule has 2 amide bonds. The number of piperidine rings is 1. The standard InChI is InChI=1S/C24H31N3O4S/c1-16-5-7-22(8-6-16)32(30,31)27-11-9-20(10-12-27)24(29)25-19(4)23(28)26-21-14-17(2)13-18(3)15-21/h5-8,13-15,19-20H,9-12H2,1-4H3,(H,25,29)(H,26,28)/t19-/m0/s1. The van der Waals surface area contributed by atoms with E-state index in [9.17, 15) is 18.0 Å². The monoisotopic (exact) mass is 457 g/mol. The molecule has 0 radical (unpaired) electrons. The number of nitrogens with one attached hydrogen (secondary N) is 2. The molecule has 1 aliphatic heterocycles. The molecule has 0 saturated carbocycles. The van der Waals surface area contributed by atoms with Gasteiger partial charge in [-0.05, 0) is 75.9 Å². The molecule has 0 aromatic heterocycles. The van der Waals surface area contributed by atoms with Gasteiger partial charge in [0.2, 0.25) is 21.8 Å². The second-order valence-electron chi connectivity index (χ2n) is 8.59. The quantitative estimate of drug-likeness (QED) is 0.697. The molecule has 0 bridgehead atoms. The molecule has 1 fully saturated rings. The third-order valence-corrected chi connectivity index (χ3v) is 7.64. The van der Waals surface area contributed by atoms with Crippen molar-refractivity contribution in [2.45, 2.75) is 51.5 Å². The largest absolute Gasteiger partial charge is 0.344 e. The van der Waals surface area contributed by atoms with Crippen LogP contribution >= 0.6 is 0 Å². The van der Waals surface area contributed by atoms with Gasteiger partial charge >= 0.3 is 0 Å². The second-order valence-corrected chi connectivity index (χ2v) is 10.5. The SMILES string of the molecule is Cc1ccc(S(=O)(=O)N2CCC(C(=O)N[C@@H](C)C(=O)Nc3cc(C)cc(C)c3)CC2)cc1. The van der Waals surface area contributed by atoms with Crippen molar-refractivity contribution in [2.24, 2.45) is 5.92 Å². The number of amides is 2. The number of benzene rings is 2. The van der Waals surface area contributed by atoms with Crippen LogP contribution in [0, 0.1) is 26.7 Å². The Hall–Kier alpha value is -2.71. The van der Waals surface area contributed by atoms with E-state index in [1.165, 1.54) is 4.31 Å². The summed E-state index contributed by atoms with van der Waals surface area (Å²) in [7, 11) is -3.57. The summed E-state index contributed by atoms with van der Waals surface area (Å²) in [6, 6.07) is 11.9. The number of aryl methyl sites for hydroxylation is 3. The van der Waals surface area contributed by atoms with Gasteiger partial charge in [-0.3, -0.25) is 9.59 Å². The molecule has 3 rings (SSSR count). The molecule has 0 aliphatic carbocycles. The van der Waals surface area contributed by atoms with E-state index in [2.05, 4.69) is 10.6 Å². The van der Waals surface area contributed by atoms with Crippen molar-refractivity contribution in [3.05, 3.63) is 59.2 Å². The van der Waals surface area contributed by atoms with Crippen molar-refractivity contribution in [2.75, 3.05) is 18.4 Å². The Bertz CT molecular complexity index is 1070. The van der Waals surface area contributed by atoms with Crippen LogP contribution < -0.4 is 10.6 Å². The zero-order valence-corrected chi connectivity index (χ0v) is 19.8. The molecule has 1 atom stereocenters. The van der Waals surface area contributed by atoms with Crippen LogP contribution in [0.25, 0.3) is 0 Å². The fraction of sp³-hybridized carbons (Fsp3) is 0.417. The number of carbonyl (C=O) groups excluding carboxylic acids is 2. The molecular formula is C24H31N3O4S. The first-order valence-corrected chi connectivity index (χ1v) is 12.3.